The lowest BCUT2D eigenvalue weighted by atomic mass is 10.6. The number of rotatable bonds is 0. The molecule has 0 unspecified atom stereocenters. The first-order chi connectivity index (χ1) is 4.15. The van der Waals surface area contributed by atoms with Crippen LogP contribution >= 0.6 is 0 Å². The van der Waals surface area contributed by atoms with Crippen molar-refractivity contribution < 1.29 is 13.0 Å². The second kappa shape index (κ2) is 1.04. The Hall–Kier alpha value is -0.330. The molecule has 0 bridgehead atoms. The van der Waals surface area contributed by atoms with Crippen LogP contribution in [0.1, 0.15) is 21.9 Å². The Morgan fingerprint density at radius 1 is 2.00 bits per heavy atom. The molecule has 0 amide bonds. The molecule has 0 aliphatic rings. The third-order valence-electron chi connectivity index (χ3n) is 0. The van der Waals surface area contributed by atoms with Gasteiger partial charge in [-0.15, -0.1) is 0 Å². The summed E-state index contributed by atoms with van der Waals surface area (Å²) in [5.74, 6) is -1.68. The van der Waals surface area contributed by atoms with Gasteiger partial charge < -0.3 is 4.79 Å². The van der Waals surface area contributed by atoms with Gasteiger partial charge in [-0.2, -0.15) is 0 Å². The molecular formula is C3H6O. The Morgan fingerprint density at radius 3 is 2.50 bits per heavy atom. The predicted molar refractivity (Wildman–Crippen MR) is 16.4 cm³/mol. The van der Waals surface area contributed by atoms with E-state index < -0.39 is 19.5 Å². The lowest BCUT2D eigenvalue weighted by molar-refractivity contribution is -0.114. The van der Waals surface area contributed by atoms with Crippen LogP contribution in [0.5, 0.6) is 0 Å². The number of hydrogen-bond acceptors (Lipinski definition) is 1. The maximum atomic E-state index is 10.4. The SMILES string of the molecule is [2H]C([2H])([2H])C(=[18O])C([2H])([2H])[2H]. The van der Waals surface area contributed by atoms with Crippen LogP contribution < -0.4 is 0 Å². The predicted octanol–water partition coefficient (Wildman–Crippen LogP) is 0.595. The molecule has 0 aromatic rings. The first-order valence-corrected chi connectivity index (χ1v) is 0.704. The fraction of sp³-hybridized carbons (Fsp3) is 0.667. The second-order valence-corrected chi connectivity index (χ2v) is 0.329. The molecule has 0 saturated carbocycles. The lowest BCUT2D eigenvalue weighted by Gasteiger charge is -1.56. The van der Waals surface area contributed by atoms with Crippen molar-refractivity contribution in [3.05, 3.63) is 0 Å². The van der Waals surface area contributed by atoms with E-state index in [0.29, 0.717) is 0 Å². The molecule has 0 rings (SSSR count). The van der Waals surface area contributed by atoms with E-state index >= 15 is 0 Å². The van der Waals surface area contributed by atoms with Crippen LogP contribution in [-0.2, 0) is 4.79 Å². The fourth-order valence-electron chi connectivity index (χ4n) is 0. The molecule has 0 aliphatic heterocycles. The molecule has 0 aromatic carbocycles. The zero-order chi connectivity index (χ0) is 8.58. The van der Waals surface area contributed by atoms with Crippen LogP contribution in [0.2, 0.25) is 0 Å². The fourth-order valence-corrected chi connectivity index (χ4v) is 0. The van der Waals surface area contributed by atoms with E-state index in [1.165, 1.54) is 0 Å². The average Bonchev–Trinajstić information content (AvgIpc) is 1.59. The largest absolute Gasteiger partial charge is 0.300 e. The zero-order valence-electron chi connectivity index (χ0n) is 7.91. The van der Waals surface area contributed by atoms with Crippen molar-refractivity contribution in [2.45, 2.75) is 13.7 Å². The standard InChI is InChI=1S/C3H6O/c1-3(2)4/h1-2H3/i1D3,2D3,4+2. The van der Waals surface area contributed by atoms with Gasteiger partial charge in [0.25, 0.3) is 0 Å². The number of Topliss-reactive ketones (excluding diaryl/α,β-unsaturated/α-hetero) is 1. The van der Waals surface area contributed by atoms with Crippen molar-refractivity contribution in [2.24, 2.45) is 0 Å². The molecular weight excluding hydrogens is 54.0 g/mol. The zero-order valence-corrected chi connectivity index (χ0v) is 1.91. The Balaban J connectivity index is 4.40. The lowest BCUT2D eigenvalue weighted by Crippen LogP contribution is -1.69. The van der Waals surface area contributed by atoms with Crippen LogP contribution in [0.4, 0.5) is 0 Å². The molecule has 0 heterocycles. The van der Waals surface area contributed by atoms with E-state index in [0.717, 1.165) is 0 Å². The van der Waals surface area contributed by atoms with Gasteiger partial charge in [-0.3, -0.25) is 0 Å². The summed E-state index contributed by atoms with van der Waals surface area (Å²) in [6.07, 6.45) is 0. The van der Waals surface area contributed by atoms with E-state index in [9.17, 15) is 4.79 Å². The molecule has 0 spiro atoms. The highest BCUT2D eigenvalue weighted by molar-refractivity contribution is 5.72. The molecule has 1 heteroatoms. The van der Waals surface area contributed by atoms with E-state index in [4.69, 9.17) is 8.22 Å². The van der Waals surface area contributed by atoms with Gasteiger partial charge in [0.2, 0.25) is 0 Å². The Labute approximate surface area is 34.1 Å². The normalized spacial score (nSPS) is 35.0. The summed E-state index contributed by atoms with van der Waals surface area (Å²) in [7, 11) is 0. The molecule has 1 nitrogen and oxygen atoms in total. The smallest absolute Gasteiger partial charge is 0.126 e. The van der Waals surface area contributed by atoms with Crippen LogP contribution in [0.15, 0.2) is 0 Å². The highest BCUT2D eigenvalue weighted by atomic mass is 18.1. The molecule has 0 saturated heterocycles. The van der Waals surface area contributed by atoms with Crippen LogP contribution in [0, 0.1) is 0 Å². The molecule has 0 N–H and O–H groups in total. The molecule has 4 heavy (non-hydrogen) atoms. The first-order valence-electron chi connectivity index (χ1n) is 3.70. The van der Waals surface area contributed by atoms with Gasteiger partial charge in [0.1, 0.15) is 5.78 Å². The molecule has 0 aliphatic carbocycles. The van der Waals surface area contributed by atoms with Gasteiger partial charge in [-0.1, -0.05) is 0 Å². The van der Waals surface area contributed by atoms with Gasteiger partial charge in [-0.25, -0.2) is 0 Å². The van der Waals surface area contributed by atoms with Gasteiger partial charge >= 0.3 is 0 Å². The van der Waals surface area contributed by atoms with E-state index in [2.05, 4.69) is 0 Å². The molecule has 0 atom stereocenters. The summed E-state index contributed by atoms with van der Waals surface area (Å²) in [6.45, 7) is -6.02. The van der Waals surface area contributed by atoms with Crippen molar-refractivity contribution in [1.29, 1.82) is 0 Å². The highest BCUT2D eigenvalue weighted by Gasteiger charge is 1.62. The number of ketones is 1. The minimum absolute atomic E-state index is 1.68. The summed E-state index contributed by atoms with van der Waals surface area (Å²) < 4.78 is 38.5. The number of carbonyl (C=O) groups is 1. The molecule has 24 valence electrons. The quantitative estimate of drug-likeness (QED) is 0.378. The highest BCUT2D eigenvalue weighted by Crippen LogP contribution is 1.50. The molecule has 0 fully saturated rings. The maximum absolute atomic E-state index is 10.4. The summed E-state index contributed by atoms with van der Waals surface area (Å²) in [4.78, 5) is 10.4. The van der Waals surface area contributed by atoms with Gasteiger partial charge in [0.15, 0.2) is 0 Å². The van der Waals surface area contributed by atoms with Crippen molar-refractivity contribution in [3.8, 4) is 0 Å². The summed E-state index contributed by atoms with van der Waals surface area (Å²) in [5, 5.41) is 0. The third-order valence-corrected chi connectivity index (χ3v) is 0. The maximum Gasteiger partial charge on any atom is 0.126 e. The second-order valence-electron chi connectivity index (χ2n) is 0.329. The summed E-state index contributed by atoms with van der Waals surface area (Å²) in [6, 6.07) is 0. The minimum Gasteiger partial charge on any atom is -0.300 e. The third kappa shape index (κ3) is 6.88. The van der Waals surface area contributed by atoms with Crippen molar-refractivity contribution in [1.82, 2.24) is 0 Å². The topological polar surface area (TPSA) is 17.1 Å². The molecule has 0 aromatic heterocycles. The monoisotopic (exact) mass is 66.1 g/mol. The minimum atomic E-state index is -3.01. The summed E-state index contributed by atoms with van der Waals surface area (Å²) in [5.41, 5.74) is 0. The Bertz CT molecular complexity index is 124. The van der Waals surface area contributed by atoms with Gasteiger partial charge in [0.05, 0.1) is 0 Å². The number of carbonyl (C=O) groups excluding carboxylic acids is 1. The van der Waals surface area contributed by atoms with Crippen LogP contribution in [0.25, 0.3) is 0 Å². The Morgan fingerprint density at radius 2 is 2.50 bits per heavy atom. The van der Waals surface area contributed by atoms with Crippen molar-refractivity contribution >= 4 is 5.78 Å². The average molecular weight is 66.1 g/mol. The van der Waals surface area contributed by atoms with Crippen molar-refractivity contribution in [2.75, 3.05) is 0 Å². The van der Waals surface area contributed by atoms with E-state index in [1.54, 1.807) is 0 Å². The first kappa shape index (κ1) is 0.348. The van der Waals surface area contributed by atoms with Gasteiger partial charge in [-0.05, 0) is 13.7 Å². The Kier molecular flexibility index (Phi) is 0.0909. The van der Waals surface area contributed by atoms with Crippen LogP contribution in [-0.4, -0.2) is 5.78 Å². The molecule has 0 radical (unpaired) electrons. The summed E-state index contributed by atoms with van der Waals surface area (Å²) >= 11 is 0. The number of hydrogen-bond donors (Lipinski definition) is 0. The van der Waals surface area contributed by atoms with E-state index in [-0.39, 0.29) is 0 Å². The van der Waals surface area contributed by atoms with Crippen LogP contribution in [0.3, 0.4) is 0 Å². The van der Waals surface area contributed by atoms with E-state index in [1.807, 2.05) is 0 Å². The van der Waals surface area contributed by atoms with Gasteiger partial charge in [0, 0.05) is 8.22 Å². The van der Waals surface area contributed by atoms with Crippen molar-refractivity contribution in [3.63, 3.8) is 0 Å².